The number of carbonyl (C=O) groups excluding carboxylic acids is 2. The molecular weight excluding hydrogens is 334 g/mol. The van der Waals surface area contributed by atoms with Crippen molar-refractivity contribution in [3.63, 3.8) is 0 Å². The molecule has 6 nitrogen and oxygen atoms in total. The molecule has 0 saturated carbocycles. The fourth-order valence-electron chi connectivity index (χ4n) is 2.55. The summed E-state index contributed by atoms with van der Waals surface area (Å²) in [4.78, 5) is 23.5. The summed E-state index contributed by atoms with van der Waals surface area (Å²) in [7, 11) is 0. The minimum Gasteiger partial charge on any atom is -0.486 e. The highest BCUT2D eigenvalue weighted by atomic mass is 16.6. The highest BCUT2D eigenvalue weighted by molar-refractivity contribution is 5.80. The Hall–Kier alpha value is -3.02. The number of fused-ring (bicyclic) bond motifs is 1. The summed E-state index contributed by atoms with van der Waals surface area (Å²) < 4.78 is 16.3. The van der Waals surface area contributed by atoms with Gasteiger partial charge in [0.1, 0.15) is 12.7 Å². The van der Waals surface area contributed by atoms with Gasteiger partial charge in [0, 0.05) is 6.42 Å². The lowest BCUT2D eigenvalue weighted by Gasteiger charge is -2.26. The first kappa shape index (κ1) is 17.8. The van der Waals surface area contributed by atoms with Gasteiger partial charge in [0.15, 0.2) is 18.1 Å². The van der Waals surface area contributed by atoms with Crippen LogP contribution in [0.15, 0.2) is 54.6 Å². The fourth-order valence-corrected chi connectivity index (χ4v) is 2.55. The summed E-state index contributed by atoms with van der Waals surface area (Å²) in [5.74, 6) is 0.600. The largest absolute Gasteiger partial charge is 0.486 e. The number of amides is 1. The van der Waals surface area contributed by atoms with Gasteiger partial charge in [-0.15, -0.1) is 0 Å². The summed E-state index contributed by atoms with van der Waals surface area (Å²) in [5, 5.41) is 2.69. The third kappa shape index (κ3) is 5.24. The average Bonchev–Trinajstić information content (AvgIpc) is 2.69. The SMILES string of the molecule is O=C(COC(=O)CCc1ccccc1)NC[C@@H]1COc2ccccc2O1. The van der Waals surface area contributed by atoms with Crippen molar-refractivity contribution in [2.75, 3.05) is 19.8 Å². The van der Waals surface area contributed by atoms with Gasteiger partial charge in [-0.05, 0) is 24.1 Å². The first-order valence-corrected chi connectivity index (χ1v) is 8.55. The van der Waals surface area contributed by atoms with E-state index in [-0.39, 0.29) is 31.6 Å². The van der Waals surface area contributed by atoms with Crippen LogP contribution in [-0.2, 0) is 20.7 Å². The number of esters is 1. The van der Waals surface area contributed by atoms with Gasteiger partial charge in [-0.3, -0.25) is 9.59 Å². The van der Waals surface area contributed by atoms with Gasteiger partial charge in [0.05, 0.1) is 6.54 Å². The first-order chi connectivity index (χ1) is 12.7. The predicted molar refractivity (Wildman–Crippen MR) is 95.1 cm³/mol. The molecule has 0 spiro atoms. The fraction of sp³-hybridized carbons (Fsp3) is 0.300. The van der Waals surface area contributed by atoms with Gasteiger partial charge in [-0.2, -0.15) is 0 Å². The molecule has 1 N–H and O–H groups in total. The molecule has 1 aliphatic heterocycles. The van der Waals surface area contributed by atoms with Gasteiger partial charge < -0.3 is 19.5 Å². The number of rotatable bonds is 7. The van der Waals surface area contributed by atoms with Crippen LogP contribution >= 0.6 is 0 Å². The molecule has 0 unspecified atom stereocenters. The zero-order chi connectivity index (χ0) is 18.2. The topological polar surface area (TPSA) is 73.9 Å². The highest BCUT2D eigenvalue weighted by Gasteiger charge is 2.21. The molecule has 0 aromatic heterocycles. The molecule has 26 heavy (non-hydrogen) atoms. The Labute approximate surface area is 152 Å². The van der Waals surface area contributed by atoms with Crippen molar-refractivity contribution in [1.29, 1.82) is 0 Å². The quantitative estimate of drug-likeness (QED) is 0.770. The van der Waals surface area contributed by atoms with E-state index in [1.807, 2.05) is 54.6 Å². The maximum absolute atomic E-state index is 11.8. The predicted octanol–water partition coefficient (Wildman–Crippen LogP) is 2.12. The number of hydrogen-bond acceptors (Lipinski definition) is 5. The van der Waals surface area contributed by atoms with Crippen LogP contribution in [0.1, 0.15) is 12.0 Å². The Balaban J connectivity index is 1.32. The number of nitrogens with one attached hydrogen (secondary N) is 1. The molecule has 1 heterocycles. The van der Waals surface area contributed by atoms with Gasteiger partial charge >= 0.3 is 5.97 Å². The van der Waals surface area contributed by atoms with Crippen molar-refractivity contribution in [1.82, 2.24) is 5.32 Å². The molecule has 0 saturated heterocycles. The van der Waals surface area contributed by atoms with Crippen LogP contribution in [0.5, 0.6) is 11.5 Å². The third-order valence-electron chi connectivity index (χ3n) is 3.92. The Morgan fingerprint density at radius 1 is 1.04 bits per heavy atom. The summed E-state index contributed by atoms with van der Waals surface area (Å²) in [6, 6.07) is 17.0. The Kier molecular flexibility index (Phi) is 6.09. The summed E-state index contributed by atoms with van der Waals surface area (Å²) >= 11 is 0. The second-order valence-electron chi connectivity index (χ2n) is 5.95. The molecule has 2 aromatic carbocycles. The Bertz CT molecular complexity index is 747. The van der Waals surface area contributed by atoms with Crippen LogP contribution in [-0.4, -0.2) is 37.7 Å². The van der Waals surface area contributed by atoms with Crippen LogP contribution in [0.4, 0.5) is 0 Å². The van der Waals surface area contributed by atoms with Crippen molar-refractivity contribution in [3.8, 4) is 11.5 Å². The molecule has 6 heteroatoms. The van der Waals surface area contributed by atoms with E-state index in [0.29, 0.717) is 24.5 Å². The minimum atomic E-state index is -0.393. The number of aryl methyl sites for hydroxylation is 1. The van der Waals surface area contributed by atoms with Gasteiger partial charge in [0.25, 0.3) is 5.91 Å². The lowest BCUT2D eigenvalue weighted by molar-refractivity contribution is -0.148. The number of benzene rings is 2. The highest BCUT2D eigenvalue weighted by Crippen LogP contribution is 2.30. The number of ether oxygens (including phenoxy) is 3. The second kappa shape index (κ2) is 8.89. The molecule has 0 aliphatic carbocycles. The van der Waals surface area contributed by atoms with Crippen molar-refractivity contribution in [2.45, 2.75) is 18.9 Å². The molecule has 1 atom stereocenters. The van der Waals surface area contributed by atoms with E-state index in [1.165, 1.54) is 0 Å². The van der Waals surface area contributed by atoms with Crippen LogP contribution in [0, 0.1) is 0 Å². The van der Waals surface area contributed by atoms with Crippen LogP contribution in [0.3, 0.4) is 0 Å². The smallest absolute Gasteiger partial charge is 0.306 e. The standard InChI is InChI=1S/C20H21NO5/c22-19(14-25-20(23)11-10-15-6-2-1-3-7-15)21-12-16-13-24-17-8-4-5-9-18(17)26-16/h1-9,16H,10-14H2,(H,21,22)/t16-/m1/s1. The van der Waals surface area contributed by atoms with E-state index in [4.69, 9.17) is 14.2 Å². The van der Waals surface area contributed by atoms with Crippen molar-refractivity contribution in [3.05, 3.63) is 60.2 Å². The molecular formula is C20H21NO5. The summed E-state index contributed by atoms with van der Waals surface area (Å²) in [6.45, 7) is 0.348. The molecule has 2 aromatic rings. The van der Waals surface area contributed by atoms with Crippen LogP contribution in [0.25, 0.3) is 0 Å². The lowest BCUT2D eigenvalue weighted by atomic mass is 10.1. The van der Waals surface area contributed by atoms with E-state index in [1.54, 1.807) is 0 Å². The lowest BCUT2D eigenvalue weighted by Crippen LogP contribution is -2.42. The Morgan fingerprint density at radius 2 is 1.77 bits per heavy atom. The molecule has 3 rings (SSSR count). The molecule has 0 fully saturated rings. The number of hydrogen-bond donors (Lipinski definition) is 1. The zero-order valence-corrected chi connectivity index (χ0v) is 14.4. The molecule has 1 amide bonds. The summed E-state index contributed by atoms with van der Waals surface area (Å²) in [6.07, 6.45) is 0.560. The van der Waals surface area contributed by atoms with Crippen molar-refractivity contribution < 1.29 is 23.8 Å². The zero-order valence-electron chi connectivity index (χ0n) is 14.4. The maximum atomic E-state index is 11.8. The van der Waals surface area contributed by atoms with E-state index in [0.717, 1.165) is 5.56 Å². The number of para-hydroxylation sites is 2. The van der Waals surface area contributed by atoms with Crippen LogP contribution < -0.4 is 14.8 Å². The first-order valence-electron chi connectivity index (χ1n) is 8.55. The molecule has 0 bridgehead atoms. The van der Waals surface area contributed by atoms with Crippen LogP contribution in [0.2, 0.25) is 0 Å². The van der Waals surface area contributed by atoms with E-state index in [2.05, 4.69) is 5.32 Å². The van der Waals surface area contributed by atoms with E-state index in [9.17, 15) is 9.59 Å². The normalized spacial score (nSPS) is 15.2. The average molecular weight is 355 g/mol. The monoisotopic (exact) mass is 355 g/mol. The van der Waals surface area contributed by atoms with Gasteiger partial charge in [-0.1, -0.05) is 42.5 Å². The maximum Gasteiger partial charge on any atom is 0.306 e. The van der Waals surface area contributed by atoms with Gasteiger partial charge in [0.2, 0.25) is 0 Å². The number of carbonyl (C=O) groups is 2. The summed E-state index contributed by atoms with van der Waals surface area (Å²) in [5.41, 5.74) is 1.06. The second-order valence-corrected chi connectivity index (χ2v) is 5.95. The molecule has 136 valence electrons. The Morgan fingerprint density at radius 3 is 2.58 bits per heavy atom. The van der Waals surface area contributed by atoms with E-state index < -0.39 is 5.97 Å². The third-order valence-corrected chi connectivity index (χ3v) is 3.92. The molecule has 0 radical (unpaired) electrons. The molecule has 1 aliphatic rings. The minimum absolute atomic E-state index is 0.244. The van der Waals surface area contributed by atoms with Crippen molar-refractivity contribution >= 4 is 11.9 Å². The van der Waals surface area contributed by atoms with E-state index >= 15 is 0 Å². The van der Waals surface area contributed by atoms with Gasteiger partial charge in [-0.25, -0.2) is 0 Å². The van der Waals surface area contributed by atoms with Crippen molar-refractivity contribution in [2.24, 2.45) is 0 Å².